The van der Waals surface area contributed by atoms with Crippen LogP contribution in [0.3, 0.4) is 0 Å². The van der Waals surface area contributed by atoms with Gasteiger partial charge in [-0.05, 0) is 48.0 Å². The SMILES string of the molecule is COc1ccc(/C=C2/SC(=O)N(Cc3ccc(C)cc3)C2=O)cc1. The Hall–Kier alpha value is -2.53. The first-order valence-corrected chi connectivity index (χ1v) is 8.33. The maximum atomic E-state index is 12.5. The number of rotatable bonds is 4. The lowest BCUT2D eigenvalue weighted by Crippen LogP contribution is -2.27. The first kappa shape index (κ1) is 16.3. The molecule has 1 saturated heterocycles. The Labute approximate surface area is 145 Å². The summed E-state index contributed by atoms with van der Waals surface area (Å²) in [5, 5.41) is -0.236. The summed E-state index contributed by atoms with van der Waals surface area (Å²) in [4.78, 5) is 26.4. The summed E-state index contributed by atoms with van der Waals surface area (Å²) in [6, 6.07) is 15.2. The Morgan fingerprint density at radius 3 is 2.33 bits per heavy atom. The van der Waals surface area contributed by atoms with E-state index in [1.807, 2.05) is 55.5 Å². The molecule has 1 heterocycles. The molecule has 0 bridgehead atoms. The summed E-state index contributed by atoms with van der Waals surface area (Å²) < 4.78 is 5.11. The number of amides is 2. The van der Waals surface area contributed by atoms with E-state index in [2.05, 4.69) is 0 Å². The van der Waals surface area contributed by atoms with Crippen molar-refractivity contribution in [2.24, 2.45) is 0 Å². The summed E-state index contributed by atoms with van der Waals surface area (Å²) in [6.07, 6.45) is 1.74. The van der Waals surface area contributed by atoms with E-state index in [9.17, 15) is 9.59 Å². The van der Waals surface area contributed by atoms with Crippen molar-refractivity contribution >= 4 is 29.0 Å². The second kappa shape index (κ2) is 6.93. The average Bonchev–Trinajstić information content (AvgIpc) is 2.85. The number of ether oxygens (including phenoxy) is 1. The van der Waals surface area contributed by atoms with Gasteiger partial charge in [-0.1, -0.05) is 42.0 Å². The minimum atomic E-state index is -0.249. The zero-order valence-electron chi connectivity index (χ0n) is 13.5. The van der Waals surface area contributed by atoms with Crippen molar-refractivity contribution in [2.45, 2.75) is 13.5 Å². The predicted molar refractivity (Wildman–Crippen MR) is 95.7 cm³/mol. The maximum absolute atomic E-state index is 12.5. The second-order valence-corrected chi connectivity index (χ2v) is 6.52. The third-order valence-corrected chi connectivity index (χ3v) is 4.66. The summed E-state index contributed by atoms with van der Waals surface area (Å²) in [5.74, 6) is 0.501. The van der Waals surface area contributed by atoms with Crippen LogP contribution in [0.25, 0.3) is 6.08 Å². The molecule has 5 heteroatoms. The van der Waals surface area contributed by atoms with Crippen LogP contribution in [0.5, 0.6) is 5.75 Å². The maximum Gasteiger partial charge on any atom is 0.293 e. The van der Waals surface area contributed by atoms with Gasteiger partial charge in [0.1, 0.15) is 5.75 Å². The van der Waals surface area contributed by atoms with Crippen molar-refractivity contribution in [3.05, 3.63) is 70.1 Å². The molecule has 0 unspecified atom stereocenters. The Bertz CT molecular complexity index is 794. The monoisotopic (exact) mass is 339 g/mol. The molecule has 0 N–H and O–H groups in total. The van der Waals surface area contributed by atoms with Crippen LogP contribution in [0.4, 0.5) is 4.79 Å². The largest absolute Gasteiger partial charge is 0.497 e. The van der Waals surface area contributed by atoms with Crippen LogP contribution in [0, 0.1) is 6.92 Å². The fourth-order valence-electron chi connectivity index (χ4n) is 2.36. The standard InChI is InChI=1S/C19H17NO3S/c1-13-3-5-15(6-4-13)12-20-18(21)17(24-19(20)22)11-14-7-9-16(23-2)10-8-14/h3-11H,12H2,1-2H3/b17-11+. The van der Waals surface area contributed by atoms with Crippen LogP contribution in [0.15, 0.2) is 53.4 Å². The van der Waals surface area contributed by atoms with E-state index in [0.717, 1.165) is 34.2 Å². The molecular weight excluding hydrogens is 322 g/mol. The lowest BCUT2D eigenvalue weighted by molar-refractivity contribution is -0.123. The van der Waals surface area contributed by atoms with Crippen molar-refractivity contribution < 1.29 is 14.3 Å². The van der Waals surface area contributed by atoms with Gasteiger partial charge in [0.2, 0.25) is 0 Å². The molecule has 122 valence electrons. The smallest absolute Gasteiger partial charge is 0.293 e. The van der Waals surface area contributed by atoms with Crippen LogP contribution in [-0.4, -0.2) is 23.2 Å². The Morgan fingerprint density at radius 1 is 1.04 bits per heavy atom. The van der Waals surface area contributed by atoms with Crippen molar-refractivity contribution in [2.75, 3.05) is 7.11 Å². The average molecular weight is 339 g/mol. The number of hydrogen-bond donors (Lipinski definition) is 0. The molecule has 0 saturated carbocycles. The van der Waals surface area contributed by atoms with Gasteiger partial charge in [0.15, 0.2) is 0 Å². The molecule has 0 radical (unpaired) electrons. The molecule has 2 aromatic rings. The van der Waals surface area contributed by atoms with E-state index >= 15 is 0 Å². The molecular formula is C19H17NO3S. The van der Waals surface area contributed by atoms with Gasteiger partial charge in [0.05, 0.1) is 18.6 Å². The molecule has 0 atom stereocenters. The molecule has 1 fully saturated rings. The van der Waals surface area contributed by atoms with Crippen molar-refractivity contribution in [3.63, 3.8) is 0 Å². The molecule has 4 nitrogen and oxygen atoms in total. The van der Waals surface area contributed by atoms with Crippen molar-refractivity contribution in [1.82, 2.24) is 4.90 Å². The van der Waals surface area contributed by atoms with E-state index < -0.39 is 0 Å². The summed E-state index contributed by atoms with van der Waals surface area (Å²) in [7, 11) is 1.60. The molecule has 0 spiro atoms. The quantitative estimate of drug-likeness (QED) is 0.782. The van der Waals surface area contributed by atoms with Gasteiger partial charge in [0, 0.05) is 0 Å². The Kier molecular flexibility index (Phi) is 4.71. The van der Waals surface area contributed by atoms with Crippen LogP contribution in [-0.2, 0) is 11.3 Å². The molecule has 0 aromatic heterocycles. The van der Waals surface area contributed by atoms with Gasteiger partial charge < -0.3 is 4.74 Å². The number of carbonyl (C=O) groups is 2. The van der Waals surface area contributed by atoms with Crippen LogP contribution in [0.1, 0.15) is 16.7 Å². The van der Waals surface area contributed by atoms with Crippen LogP contribution in [0.2, 0.25) is 0 Å². The highest BCUT2D eigenvalue weighted by molar-refractivity contribution is 8.18. The van der Waals surface area contributed by atoms with Gasteiger partial charge in [-0.25, -0.2) is 0 Å². The third-order valence-electron chi connectivity index (χ3n) is 3.75. The number of methoxy groups -OCH3 is 1. The van der Waals surface area contributed by atoms with Gasteiger partial charge >= 0.3 is 0 Å². The molecule has 24 heavy (non-hydrogen) atoms. The van der Waals surface area contributed by atoms with E-state index in [1.165, 1.54) is 4.90 Å². The zero-order valence-corrected chi connectivity index (χ0v) is 14.3. The molecule has 2 aromatic carbocycles. The van der Waals surface area contributed by atoms with E-state index in [1.54, 1.807) is 13.2 Å². The van der Waals surface area contributed by atoms with Gasteiger partial charge in [-0.2, -0.15) is 0 Å². The molecule has 1 aliphatic heterocycles. The summed E-state index contributed by atoms with van der Waals surface area (Å²) >= 11 is 0.976. The van der Waals surface area contributed by atoms with E-state index in [0.29, 0.717) is 11.4 Å². The molecule has 1 aliphatic rings. The minimum Gasteiger partial charge on any atom is -0.497 e. The number of benzene rings is 2. The first-order valence-electron chi connectivity index (χ1n) is 7.52. The molecule has 0 aliphatic carbocycles. The number of hydrogen-bond acceptors (Lipinski definition) is 4. The number of carbonyl (C=O) groups excluding carboxylic acids is 2. The lowest BCUT2D eigenvalue weighted by Gasteiger charge is -2.12. The number of thioether (sulfide) groups is 1. The minimum absolute atomic E-state index is 0.236. The van der Waals surface area contributed by atoms with Crippen molar-refractivity contribution in [1.29, 1.82) is 0 Å². The molecule has 2 amide bonds. The van der Waals surface area contributed by atoms with Crippen molar-refractivity contribution in [3.8, 4) is 5.75 Å². The van der Waals surface area contributed by atoms with Gasteiger partial charge in [0.25, 0.3) is 11.1 Å². The highest BCUT2D eigenvalue weighted by Crippen LogP contribution is 2.33. The Balaban J connectivity index is 1.77. The zero-order chi connectivity index (χ0) is 17.1. The lowest BCUT2D eigenvalue weighted by atomic mass is 10.1. The summed E-state index contributed by atoms with van der Waals surface area (Å²) in [6.45, 7) is 2.30. The van der Waals surface area contributed by atoms with Gasteiger partial charge in [-0.15, -0.1) is 0 Å². The number of nitrogens with zero attached hydrogens (tertiary/aromatic N) is 1. The molecule has 3 rings (SSSR count). The number of imide groups is 1. The van der Waals surface area contributed by atoms with Crippen LogP contribution < -0.4 is 4.74 Å². The first-order chi connectivity index (χ1) is 11.6. The summed E-state index contributed by atoms with van der Waals surface area (Å²) in [5.41, 5.74) is 2.94. The van der Waals surface area contributed by atoms with Gasteiger partial charge in [-0.3, -0.25) is 14.5 Å². The third kappa shape index (κ3) is 3.51. The number of aryl methyl sites for hydroxylation is 1. The normalized spacial score (nSPS) is 16.1. The fraction of sp³-hybridized carbons (Fsp3) is 0.158. The highest BCUT2D eigenvalue weighted by Gasteiger charge is 2.34. The second-order valence-electron chi connectivity index (χ2n) is 5.53. The Morgan fingerprint density at radius 2 is 1.71 bits per heavy atom. The predicted octanol–water partition coefficient (Wildman–Crippen LogP) is 4.24. The van der Waals surface area contributed by atoms with E-state index in [-0.39, 0.29) is 11.1 Å². The topological polar surface area (TPSA) is 46.6 Å². The fourth-order valence-corrected chi connectivity index (χ4v) is 3.20. The van der Waals surface area contributed by atoms with Crippen LogP contribution >= 0.6 is 11.8 Å². The van der Waals surface area contributed by atoms with E-state index in [4.69, 9.17) is 4.74 Å². The highest BCUT2D eigenvalue weighted by atomic mass is 32.2.